The number of benzene rings is 1. The third-order valence-electron chi connectivity index (χ3n) is 3.81. The molecule has 3 aromatic rings. The molecule has 0 aliphatic rings. The number of aliphatic hydroxyl groups excluding tert-OH is 1. The van der Waals surface area contributed by atoms with Crippen LogP contribution in [0.15, 0.2) is 36.9 Å². The monoisotopic (exact) mass is 297 g/mol. The Bertz CT molecular complexity index is 766. The molecule has 2 heterocycles. The summed E-state index contributed by atoms with van der Waals surface area (Å²) in [6, 6.07) is 8.17. The number of rotatable bonds is 5. The van der Waals surface area contributed by atoms with E-state index in [0.717, 1.165) is 24.9 Å². The van der Waals surface area contributed by atoms with Crippen molar-refractivity contribution in [3.8, 4) is 5.69 Å². The van der Waals surface area contributed by atoms with Gasteiger partial charge in [0.1, 0.15) is 12.7 Å². The average molecular weight is 297 g/mol. The normalized spacial score (nSPS) is 12.6. The second kappa shape index (κ2) is 6.11. The van der Waals surface area contributed by atoms with E-state index in [4.69, 9.17) is 5.73 Å². The number of hydrogen-bond donors (Lipinski definition) is 2. The van der Waals surface area contributed by atoms with Crippen LogP contribution in [0.3, 0.4) is 0 Å². The number of aromatic nitrogens is 4. The fourth-order valence-electron chi connectivity index (χ4n) is 2.40. The van der Waals surface area contributed by atoms with Crippen LogP contribution in [0, 0.1) is 0 Å². The van der Waals surface area contributed by atoms with Crippen molar-refractivity contribution in [2.45, 2.75) is 32.3 Å². The summed E-state index contributed by atoms with van der Waals surface area (Å²) in [5, 5.41) is 9.63. The SMILES string of the molecule is CC[C@H](O)CCc1ccc(-n2cnc3c(N)ncnc32)cc1. The molecular formula is C16H19N5O. The maximum atomic E-state index is 9.63. The summed E-state index contributed by atoms with van der Waals surface area (Å²) >= 11 is 0. The van der Waals surface area contributed by atoms with Gasteiger partial charge in [-0.3, -0.25) is 4.57 Å². The average Bonchev–Trinajstić information content (AvgIpc) is 2.98. The van der Waals surface area contributed by atoms with Gasteiger partial charge < -0.3 is 10.8 Å². The molecule has 0 fully saturated rings. The van der Waals surface area contributed by atoms with E-state index < -0.39 is 0 Å². The van der Waals surface area contributed by atoms with Gasteiger partial charge in [0.15, 0.2) is 17.0 Å². The van der Waals surface area contributed by atoms with E-state index in [1.165, 1.54) is 11.9 Å². The summed E-state index contributed by atoms with van der Waals surface area (Å²) in [6.07, 6.45) is 5.36. The van der Waals surface area contributed by atoms with Crippen molar-refractivity contribution in [3.63, 3.8) is 0 Å². The highest BCUT2D eigenvalue weighted by atomic mass is 16.3. The van der Waals surface area contributed by atoms with Gasteiger partial charge in [-0.15, -0.1) is 0 Å². The number of nitrogens with two attached hydrogens (primary N) is 1. The molecule has 6 heteroatoms. The number of nitrogens with zero attached hydrogens (tertiary/aromatic N) is 4. The van der Waals surface area contributed by atoms with Crippen molar-refractivity contribution in [1.29, 1.82) is 0 Å². The predicted octanol–water partition coefficient (Wildman–Crippen LogP) is 2.10. The lowest BCUT2D eigenvalue weighted by Gasteiger charge is -2.08. The number of hydrogen-bond acceptors (Lipinski definition) is 5. The first kappa shape index (κ1) is 14.5. The highest BCUT2D eigenvalue weighted by Gasteiger charge is 2.09. The van der Waals surface area contributed by atoms with Crippen LogP contribution in [-0.2, 0) is 6.42 Å². The third kappa shape index (κ3) is 2.78. The molecule has 6 nitrogen and oxygen atoms in total. The molecule has 1 atom stereocenters. The second-order valence-corrected chi connectivity index (χ2v) is 5.31. The van der Waals surface area contributed by atoms with Gasteiger partial charge in [0.2, 0.25) is 0 Å². The number of aliphatic hydroxyl groups is 1. The van der Waals surface area contributed by atoms with Crippen molar-refractivity contribution in [3.05, 3.63) is 42.5 Å². The number of fused-ring (bicyclic) bond motifs is 1. The Labute approximate surface area is 128 Å². The predicted molar refractivity (Wildman–Crippen MR) is 85.7 cm³/mol. The van der Waals surface area contributed by atoms with E-state index in [1.807, 2.05) is 23.6 Å². The van der Waals surface area contributed by atoms with Gasteiger partial charge in [0.05, 0.1) is 6.10 Å². The summed E-state index contributed by atoms with van der Waals surface area (Å²) in [4.78, 5) is 12.5. The zero-order chi connectivity index (χ0) is 15.5. The molecule has 22 heavy (non-hydrogen) atoms. The Balaban J connectivity index is 1.84. The van der Waals surface area contributed by atoms with Crippen molar-refractivity contribution < 1.29 is 5.11 Å². The molecule has 0 spiro atoms. The summed E-state index contributed by atoms with van der Waals surface area (Å²) in [5.41, 5.74) is 9.28. The molecule has 0 saturated carbocycles. The molecule has 0 radical (unpaired) electrons. The van der Waals surface area contributed by atoms with Gasteiger partial charge in [-0.2, -0.15) is 0 Å². The zero-order valence-electron chi connectivity index (χ0n) is 12.5. The minimum absolute atomic E-state index is 0.225. The lowest BCUT2D eigenvalue weighted by Crippen LogP contribution is -2.05. The van der Waals surface area contributed by atoms with Crippen LogP contribution < -0.4 is 5.73 Å². The first-order chi connectivity index (χ1) is 10.7. The molecule has 0 saturated heterocycles. The van der Waals surface area contributed by atoms with E-state index >= 15 is 0 Å². The summed E-state index contributed by atoms with van der Waals surface area (Å²) in [6.45, 7) is 1.99. The smallest absolute Gasteiger partial charge is 0.170 e. The van der Waals surface area contributed by atoms with E-state index in [1.54, 1.807) is 6.33 Å². The summed E-state index contributed by atoms with van der Waals surface area (Å²) in [5.74, 6) is 0.383. The largest absolute Gasteiger partial charge is 0.393 e. The number of nitrogen functional groups attached to an aromatic ring is 1. The molecule has 2 aromatic heterocycles. The Morgan fingerprint density at radius 1 is 1.18 bits per heavy atom. The van der Waals surface area contributed by atoms with Gasteiger partial charge in [-0.05, 0) is 37.0 Å². The lowest BCUT2D eigenvalue weighted by atomic mass is 10.1. The Morgan fingerprint density at radius 2 is 1.95 bits per heavy atom. The molecular weight excluding hydrogens is 278 g/mol. The summed E-state index contributed by atoms with van der Waals surface area (Å²) in [7, 11) is 0. The maximum absolute atomic E-state index is 9.63. The molecule has 0 aliphatic carbocycles. The molecule has 0 aliphatic heterocycles. The van der Waals surface area contributed by atoms with Crippen LogP contribution in [0.5, 0.6) is 0 Å². The summed E-state index contributed by atoms with van der Waals surface area (Å²) < 4.78 is 1.89. The van der Waals surface area contributed by atoms with Gasteiger partial charge in [0, 0.05) is 5.69 Å². The Kier molecular flexibility index (Phi) is 4.02. The van der Waals surface area contributed by atoms with Crippen molar-refractivity contribution >= 4 is 17.0 Å². The standard InChI is InChI=1S/C16H19N5O/c1-2-13(22)8-5-11-3-6-12(7-4-11)21-10-20-14-15(17)18-9-19-16(14)21/h3-4,6-7,9-10,13,22H,2,5,8H2,1H3,(H2,17,18,19)/t13-/m0/s1. The highest BCUT2D eigenvalue weighted by Crippen LogP contribution is 2.19. The fraction of sp³-hybridized carbons (Fsp3) is 0.312. The molecule has 0 amide bonds. The molecule has 3 rings (SSSR count). The maximum Gasteiger partial charge on any atom is 0.170 e. The van der Waals surface area contributed by atoms with Crippen molar-refractivity contribution in [2.24, 2.45) is 0 Å². The Morgan fingerprint density at radius 3 is 2.68 bits per heavy atom. The molecule has 0 bridgehead atoms. The van der Waals surface area contributed by atoms with Crippen LogP contribution in [0.2, 0.25) is 0 Å². The number of anilines is 1. The van der Waals surface area contributed by atoms with Crippen LogP contribution >= 0.6 is 0 Å². The van der Waals surface area contributed by atoms with Gasteiger partial charge in [-0.1, -0.05) is 19.1 Å². The minimum Gasteiger partial charge on any atom is -0.393 e. The number of aryl methyl sites for hydroxylation is 1. The minimum atomic E-state index is -0.225. The van der Waals surface area contributed by atoms with E-state index in [9.17, 15) is 5.11 Å². The quantitative estimate of drug-likeness (QED) is 0.752. The third-order valence-corrected chi connectivity index (χ3v) is 3.81. The van der Waals surface area contributed by atoms with Gasteiger partial charge >= 0.3 is 0 Å². The van der Waals surface area contributed by atoms with Crippen LogP contribution in [-0.4, -0.2) is 30.7 Å². The molecule has 3 N–H and O–H groups in total. The Hall–Kier alpha value is -2.47. The molecule has 114 valence electrons. The number of imidazole rings is 1. The van der Waals surface area contributed by atoms with Gasteiger partial charge in [-0.25, -0.2) is 15.0 Å². The first-order valence-corrected chi connectivity index (χ1v) is 7.40. The van der Waals surface area contributed by atoms with E-state index in [0.29, 0.717) is 17.0 Å². The fourth-order valence-corrected chi connectivity index (χ4v) is 2.40. The zero-order valence-corrected chi connectivity index (χ0v) is 12.5. The lowest BCUT2D eigenvalue weighted by molar-refractivity contribution is 0.160. The van der Waals surface area contributed by atoms with Crippen molar-refractivity contribution in [1.82, 2.24) is 19.5 Å². The van der Waals surface area contributed by atoms with Crippen LogP contribution in [0.4, 0.5) is 5.82 Å². The highest BCUT2D eigenvalue weighted by molar-refractivity contribution is 5.82. The molecule has 0 unspecified atom stereocenters. The van der Waals surface area contributed by atoms with Crippen LogP contribution in [0.25, 0.3) is 16.9 Å². The first-order valence-electron chi connectivity index (χ1n) is 7.40. The second-order valence-electron chi connectivity index (χ2n) is 5.31. The van der Waals surface area contributed by atoms with Crippen molar-refractivity contribution in [2.75, 3.05) is 5.73 Å². The van der Waals surface area contributed by atoms with Gasteiger partial charge in [0.25, 0.3) is 0 Å². The topological polar surface area (TPSA) is 89.8 Å². The van der Waals surface area contributed by atoms with E-state index in [-0.39, 0.29) is 6.10 Å². The van der Waals surface area contributed by atoms with E-state index in [2.05, 4.69) is 27.1 Å². The molecule has 1 aromatic carbocycles. The van der Waals surface area contributed by atoms with Crippen LogP contribution in [0.1, 0.15) is 25.3 Å².